The molecule has 2 N–H and O–H groups in total. The number of carbonyl (C=O) groups is 1. The van der Waals surface area contributed by atoms with Crippen LogP contribution in [-0.4, -0.2) is 17.6 Å². The summed E-state index contributed by atoms with van der Waals surface area (Å²) in [5.74, 6) is -0.345. The van der Waals surface area contributed by atoms with E-state index in [1.54, 1.807) is 19.1 Å². The molecule has 0 radical (unpaired) electrons. The molecule has 0 saturated carbocycles. The summed E-state index contributed by atoms with van der Waals surface area (Å²) in [5, 5.41) is 1.42. The SMILES string of the molecule is CCOC(=O)c1c(N)nc2ccc(Br)cc2c1-c1ccc(Cl)cc1. The van der Waals surface area contributed by atoms with Gasteiger partial charge in [0.25, 0.3) is 0 Å². The summed E-state index contributed by atoms with van der Waals surface area (Å²) in [6.07, 6.45) is 0. The lowest BCUT2D eigenvalue weighted by molar-refractivity contribution is 0.0528. The second-order valence-corrected chi connectivity index (χ2v) is 6.49. The van der Waals surface area contributed by atoms with E-state index >= 15 is 0 Å². The molecular formula is C18H14BrClN2O2. The van der Waals surface area contributed by atoms with Crippen LogP contribution in [0.2, 0.25) is 5.02 Å². The first-order chi connectivity index (χ1) is 11.5. The molecule has 2 aromatic carbocycles. The van der Waals surface area contributed by atoms with Crippen LogP contribution < -0.4 is 5.73 Å². The summed E-state index contributed by atoms with van der Waals surface area (Å²) in [6, 6.07) is 12.9. The van der Waals surface area contributed by atoms with Crippen molar-refractivity contribution in [2.24, 2.45) is 0 Å². The highest BCUT2D eigenvalue weighted by atomic mass is 79.9. The van der Waals surface area contributed by atoms with Crippen LogP contribution in [0.3, 0.4) is 0 Å². The van der Waals surface area contributed by atoms with Crippen molar-refractivity contribution < 1.29 is 9.53 Å². The molecule has 0 atom stereocenters. The number of benzene rings is 2. The fraction of sp³-hybridized carbons (Fsp3) is 0.111. The Labute approximate surface area is 152 Å². The van der Waals surface area contributed by atoms with E-state index in [0.717, 1.165) is 15.4 Å². The Bertz CT molecular complexity index is 926. The molecule has 0 spiro atoms. The number of nitrogens with zero attached hydrogens (tertiary/aromatic N) is 1. The Morgan fingerprint density at radius 2 is 1.96 bits per heavy atom. The van der Waals surface area contributed by atoms with Crippen molar-refractivity contribution in [2.45, 2.75) is 6.92 Å². The van der Waals surface area contributed by atoms with Crippen molar-refractivity contribution in [2.75, 3.05) is 12.3 Å². The fourth-order valence-corrected chi connectivity index (χ4v) is 3.07. The van der Waals surface area contributed by atoms with Gasteiger partial charge in [-0.1, -0.05) is 39.7 Å². The Morgan fingerprint density at radius 3 is 2.62 bits per heavy atom. The van der Waals surface area contributed by atoms with Crippen LogP contribution >= 0.6 is 27.5 Å². The van der Waals surface area contributed by atoms with E-state index in [1.807, 2.05) is 30.3 Å². The number of carbonyl (C=O) groups excluding carboxylic acids is 1. The zero-order valence-corrected chi connectivity index (χ0v) is 15.2. The van der Waals surface area contributed by atoms with E-state index in [1.165, 1.54) is 0 Å². The first kappa shape index (κ1) is 16.7. The summed E-state index contributed by atoms with van der Waals surface area (Å²) in [6.45, 7) is 2.01. The molecule has 0 amide bonds. The molecule has 0 bridgehead atoms. The highest BCUT2D eigenvalue weighted by Crippen LogP contribution is 2.36. The molecule has 1 heterocycles. The van der Waals surface area contributed by atoms with Crippen LogP contribution in [0, 0.1) is 0 Å². The average Bonchev–Trinajstić information content (AvgIpc) is 2.55. The number of aromatic nitrogens is 1. The Hall–Kier alpha value is -2.11. The fourth-order valence-electron chi connectivity index (χ4n) is 2.58. The Balaban J connectivity index is 2.39. The average molecular weight is 406 g/mol. The van der Waals surface area contributed by atoms with Gasteiger partial charge in [-0.15, -0.1) is 0 Å². The zero-order valence-electron chi connectivity index (χ0n) is 12.8. The van der Waals surface area contributed by atoms with Crippen molar-refractivity contribution in [1.29, 1.82) is 0 Å². The molecule has 24 heavy (non-hydrogen) atoms. The quantitative estimate of drug-likeness (QED) is 0.617. The summed E-state index contributed by atoms with van der Waals surface area (Å²) in [4.78, 5) is 16.8. The molecule has 0 unspecified atom stereocenters. The summed E-state index contributed by atoms with van der Waals surface area (Å²) >= 11 is 9.46. The maximum Gasteiger partial charge on any atom is 0.342 e. The van der Waals surface area contributed by atoms with E-state index < -0.39 is 5.97 Å². The highest BCUT2D eigenvalue weighted by Gasteiger charge is 2.22. The minimum Gasteiger partial charge on any atom is -0.462 e. The van der Waals surface area contributed by atoms with Gasteiger partial charge in [0.05, 0.1) is 12.1 Å². The first-order valence-electron chi connectivity index (χ1n) is 7.33. The van der Waals surface area contributed by atoms with E-state index in [9.17, 15) is 4.79 Å². The summed E-state index contributed by atoms with van der Waals surface area (Å²) < 4.78 is 6.06. The van der Waals surface area contributed by atoms with Crippen LogP contribution in [0.5, 0.6) is 0 Å². The van der Waals surface area contributed by atoms with Gasteiger partial charge < -0.3 is 10.5 Å². The zero-order chi connectivity index (χ0) is 17.3. The number of anilines is 1. The minimum absolute atomic E-state index is 0.147. The number of halogens is 2. The van der Waals surface area contributed by atoms with Gasteiger partial charge in [0.15, 0.2) is 0 Å². The molecule has 3 rings (SSSR count). The lowest BCUT2D eigenvalue weighted by atomic mass is 9.95. The molecule has 122 valence electrons. The van der Waals surface area contributed by atoms with Gasteiger partial charge in [-0.05, 0) is 42.8 Å². The van der Waals surface area contributed by atoms with E-state index in [4.69, 9.17) is 22.1 Å². The number of hydrogen-bond donors (Lipinski definition) is 1. The molecule has 0 saturated heterocycles. The Morgan fingerprint density at radius 1 is 1.25 bits per heavy atom. The van der Waals surface area contributed by atoms with E-state index in [0.29, 0.717) is 16.1 Å². The van der Waals surface area contributed by atoms with E-state index in [-0.39, 0.29) is 18.0 Å². The monoisotopic (exact) mass is 404 g/mol. The minimum atomic E-state index is -0.491. The number of fused-ring (bicyclic) bond motifs is 1. The number of pyridine rings is 1. The molecular weight excluding hydrogens is 392 g/mol. The van der Waals surface area contributed by atoms with Crippen molar-refractivity contribution >= 4 is 50.2 Å². The highest BCUT2D eigenvalue weighted by molar-refractivity contribution is 9.10. The van der Waals surface area contributed by atoms with Gasteiger partial charge in [0.2, 0.25) is 0 Å². The third kappa shape index (κ3) is 3.09. The predicted octanol–water partition coefficient (Wildman–Crippen LogP) is 5.08. The van der Waals surface area contributed by atoms with Crippen molar-refractivity contribution in [3.8, 4) is 11.1 Å². The molecule has 0 aliphatic rings. The summed E-state index contributed by atoms with van der Waals surface area (Å²) in [7, 11) is 0. The molecule has 4 nitrogen and oxygen atoms in total. The van der Waals surface area contributed by atoms with E-state index in [2.05, 4.69) is 20.9 Å². The standard InChI is InChI=1S/C18H14BrClN2O2/c1-2-24-18(23)16-15(10-3-6-12(20)7-4-10)13-9-11(19)5-8-14(13)22-17(16)21/h3-9H,2H2,1H3,(H2,21,22). The second-order valence-electron chi connectivity index (χ2n) is 5.14. The molecule has 3 aromatic rings. The third-order valence-corrected chi connectivity index (χ3v) is 4.33. The van der Waals surface area contributed by atoms with Gasteiger partial charge in [0.1, 0.15) is 11.4 Å². The summed E-state index contributed by atoms with van der Waals surface area (Å²) in [5.41, 5.74) is 8.55. The molecule has 0 fully saturated rings. The number of nitrogens with two attached hydrogens (primary N) is 1. The van der Waals surface area contributed by atoms with Crippen molar-refractivity contribution in [1.82, 2.24) is 4.98 Å². The van der Waals surface area contributed by atoms with Crippen LogP contribution in [0.1, 0.15) is 17.3 Å². The molecule has 0 aliphatic carbocycles. The maximum atomic E-state index is 12.5. The maximum absolute atomic E-state index is 12.5. The number of esters is 1. The smallest absolute Gasteiger partial charge is 0.342 e. The predicted molar refractivity (Wildman–Crippen MR) is 100 cm³/mol. The lowest BCUT2D eigenvalue weighted by Crippen LogP contribution is -2.12. The van der Waals surface area contributed by atoms with Crippen molar-refractivity contribution in [3.63, 3.8) is 0 Å². The molecule has 1 aromatic heterocycles. The van der Waals surface area contributed by atoms with Crippen LogP contribution in [0.25, 0.3) is 22.0 Å². The van der Waals surface area contributed by atoms with Crippen molar-refractivity contribution in [3.05, 3.63) is 57.5 Å². The van der Waals surface area contributed by atoms with Crippen LogP contribution in [-0.2, 0) is 4.74 Å². The topological polar surface area (TPSA) is 65.2 Å². The second kappa shape index (κ2) is 6.79. The number of nitrogen functional groups attached to an aromatic ring is 1. The van der Waals surface area contributed by atoms with Gasteiger partial charge in [-0.2, -0.15) is 0 Å². The van der Waals surface area contributed by atoms with Gasteiger partial charge >= 0.3 is 5.97 Å². The van der Waals surface area contributed by atoms with Gasteiger partial charge in [-0.25, -0.2) is 9.78 Å². The first-order valence-corrected chi connectivity index (χ1v) is 8.50. The lowest BCUT2D eigenvalue weighted by Gasteiger charge is -2.15. The third-order valence-electron chi connectivity index (χ3n) is 3.59. The molecule has 0 aliphatic heterocycles. The molecule has 6 heteroatoms. The number of hydrogen-bond acceptors (Lipinski definition) is 4. The normalized spacial score (nSPS) is 10.8. The van der Waals surface area contributed by atoms with Crippen LogP contribution in [0.15, 0.2) is 46.9 Å². The number of rotatable bonds is 3. The largest absolute Gasteiger partial charge is 0.462 e. The number of ether oxygens (including phenoxy) is 1. The van der Waals surface area contributed by atoms with Gasteiger partial charge in [0, 0.05) is 20.4 Å². The Kier molecular flexibility index (Phi) is 4.73. The van der Waals surface area contributed by atoms with Crippen LogP contribution in [0.4, 0.5) is 5.82 Å². The van der Waals surface area contributed by atoms with Gasteiger partial charge in [-0.3, -0.25) is 0 Å².